The Balaban J connectivity index is 1.33. The van der Waals surface area contributed by atoms with Gasteiger partial charge in [0.05, 0.1) is 18.0 Å². The number of aryl methyl sites for hydroxylation is 2. The van der Waals surface area contributed by atoms with Crippen LogP contribution in [0.25, 0.3) is 0 Å². The maximum atomic E-state index is 13.4. The van der Waals surface area contributed by atoms with Crippen LogP contribution in [-0.4, -0.2) is 49.4 Å². The van der Waals surface area contributed by atoms with Crippen LogP contribution in [0.4, 0.5) is 21.5 Å². The van der Waals surface area contributed by atoms with Gasteiger partial charge in [0.25, 0.3) is 5.91 Å². The Morgan fingerprint density at radius 1 is 0.879 bits per heavy atom. The first-order valence-electron chi connectivity index (χ1n) is 11.3. The van der Waals surface area contributed by atoms with Gasteiger partial charge in [-0.25, -0.2) is 9.38 Å². The van der Waals surface area contributed by atoms with Crippen molar-refractivity contribution >= 4 is 28.7 Å². The molecule has 2 aliphatic heterocycles. The van der Waals surface area contributed by atoms with Gasteiger partial charge in [0.1, 0.15) is 11.5 Å². The van der Waals surface area contributed by atoms with Crippen LogP contribution in [-0.2, 0) is 4.79 Å². The second kappa shape index (κ2) is 8.79. The zero-order chi connectivity index (χ0) is 22.9. The summed E-state index contributed by atoms with van der Waals surface area (Å²) in [6.07, 6.45) is 0. The van der Waals surface area contributed by atoms with E-state index in [2.05, 4.69) is 23.6 Å². The SMILES string of the molecule is Cc1ccc(N=C2C(=O)N(CN3CCN(c4ccc(F)cc4)CC3)c3ccccc32)cc1C. The molecular weight excluding hydrogens is 415 g/mol. The van der Waals surface area contributed by atoms with E-state index in [-0.39, 0.29) is 11.7 Å². The van der Waals surface area contributed by atoms with Crippen molar-refractivity contribution in [1.29, 1.82) is 0 Å². The Morgan fingerprint density at radius 2 is 1.61 bits per heavy atom. The summed E-state index contributed by atoms with van der Waals surface area (Å²) in [7, 11) is 0. The van der Waals surface area contributed by atoms with Crippen LogP contribution in [0.1, 0.15) is 16.7 Å². The average molecular weight is 443 g/mol. The van der Waals surface area contributed by atoms with Gasteiger partial charge < -0.3 is 4.90 Å². The number of rotatable bonds is 4. The van der Waals surface area contributed by atoms with Crippen molar-refractivity contribution in [1.82, 2.24) is 4.90 Å². The first kappa shape index (κ1) is 21.3. The molecule has 2 heterocycles. The molecule has 0 aliphatic carbocycles. The molecule has 3 aromatic carbocycles. The number of halogens is 1. The van der Waals surface area contributed by atoms with Gasteiger partial charge in [0.15, 0.2) is 0 Å². The lowest BCUT2D eigenvalue weighted by molar-refractivity contribution is -0.112. The Morgan fingerprint density at radius 3 is 2.33 bits per heavy atom. The second-order valence-corrected chi connectivity index (χ2v) is 8.70. The van der Waals surface area contributed by atoms with E-state index in [1.54, 1.807) is 0 Å². The number of aliphatic imine (C=N–C) groups is 1. The summed E-state index contributed by atoms with van der Waals surface area (Å²) >= 11 is 0. The van der Waals surface area contributed by atoms with Crippen LogP contribution >= 0.6 is 0 Å². The van der Waals surface area contributed by atoms with Crippen LogP contribution in [0.15, 0.2) is 71.7 Å². The normalized spacial score (nSPS) is 17.7. The monoisotopic (exact) mass is 442 g/mol. The molecule has 0 aromatic heterocycles. The summed E-state index contributed by atoms with van der Waals surface area (Å²) in [5.41, 5.74) is 6.48. The van der Waals surface area contributed by atoms with Crippen molar-refractivity contribution in [2.24, 2.45) is 4.99 Å². The maximum absolute atomic E-state index is 13.4. The molecular formula is C27H27FN4O. The molecule has 0 N–H and O–H groups in total. The third-order valence-corrected chi connectivity index (χ3v) is 6.53. The molecule has 0 radical (unpaired) electrons. The fraction of sp³-hybridized carbons (Fsp3) is 0.259. The fourth-order valence-corrected chi connectivity index (χ4v) is 4.43. The first-order valence-corrected chi connectivity index (χ1v) is 11.3. The standard InChI is InChI=1S/C27H27FN4O/c1-19-7-10-22(17-20(19)2)29-26-24-5-3-4-6-25(24)32(27(26)33)18-30-13-15-31(16-14-30)23-11-8-21(28)9-12-23/h3-12,17H,13-16,18H2,1-2H3. The van der Waals surface area contributed by atoms with E-state index < -0.39 is 0 Å². The van der Waals surface area contributed by atoms with Crippen LogP contribution < -0.4 is 9.80 Å². The minimum absolute atomic E-state index is 0.0598. The smallest absolute Gasteiger partial charge is 0.278 e. The van der Waals surface area contributed by atoms with Crippen LogP contribution in [0.5, 0.6) is 0 Å². The largest absolute Gasteiger partial charge is 0.369 e. The minimum Gasteiger partial charge on any atom is -0.369 e. The highest BCUT2D eigenvalue weighted by atomic mass is 19.1. The van der Waals surface area contributed by atoms with E-state index in [9.17, 15) is 9.18 Å². The van der Waals surface area contributed by atoms with Gasteiger partial charge in [-0.1, -0.05) is 24.3 Å². The van der Waals surface area contributed by atoms with Gasteiger partial charge in [-0.3, -0.25) is 14.6 Å². The van der Waals surface area contributed by atoms with Gasteiger partial charge >= 0.3 is 0 Å². The minimum atomic E-state index is -0.220. The summed E-state index contributed by atoms with van der Waals surface area (Å²) in [6.45, 7) is 7.97. The summed E-state index contributed by atoms with van der Waals surface area (Å²) in [4.78, 5) is 24.6. The highest BCUT2D eigenvalue weighted by molar-refractivity contribution is 6.54. The third kappa shape index (κ3) is 4.26. The van der Waals surface area contributed by atoms with E-state index in [1.165, 1.54) is 17.7 Å². The number of benzene rings is 3. The molecule has 5 nitrogen and oxygen atoms in total. The molecule has 0 atom stereocenters. The molecule has 0 unspecified atom stereocenters. The molecule has 1 fully saturated rings. The number of hydrogen-bond acceptors (Lipinski definition) is 4. The molecule has 5 rings (SSSR count). The summed E-state index contributed by atoms with van der Waals surface area (Å²) < 4.78 is 13.2. The lowest BCUT2D eigenvalue weighted by atomic mass is 10.1. The molecule has 168 valence electrons. The third-order valence-electron chi connectivity index (χ3n) is 6.53. The number of piperazine rings is 1. The van der Waals surface area contributed by atoms with E-state index >= 15 is 0 Å². The number of amides is 1. The number of carbonyl (C=O) groups is 1. The van der Waals surface area contributed by atoms with Crippen molar-refractivity contribution < 1.29 is 9.18 Å². The van der Waals surface area contributed by atoms with Crippen molar-refractivity contribution in [3.8, 4) is 0 Å². The average Bonchev–Trinajstić information content (AvgIpc) is 3.08. The van der Waals surface area contributed by atoms with Gasteiger partial charge in [-0.05, 0) is 67.4 Å². The van der Waals surface area contributed by atoms with E-state index in [1.807, 2.05) is 59.5 Å². The Bertz CT molecular complexity index is 1210. The summed E-state index contributed by atoms with van der Waals surface area (Å²) in [5, 5.41) is 0. The molecule has 1 saturated heterocycles. The molecule has 1 amide bonds. The second-order valence-electron chi connectivity index (χ2n) is 8.70. The molecule has 33 heavy (non-hydrogen) atoms. The Hall–Kier alpha value is -3.51. The fourth-order valence-electron chi connectivity index (χ4n) is 4.43. The van der Waals surface area contributed by atoms with Gasteiger partial charge in [0.2, 0.25) is 0 Å². The van der Waals surface area contributed by atoms with Crippen LogP contribution in [0, 0.1) is 19.7 Å². The van der Waals surface area contributed by atoms with Crippen LogP contribution in [0.3, 0.4) is 0 Å². The van der Waals surface area contributed by atoms with Crippen molar-refractivity contribution in [3.63, 3.8) is 0 Å². The number of para-hydroxylation sites is 1. The summed E-state index contributed by atoms with van der Waals surface area (Å²) in [5.74, 6) is -0.280. The predicted molar refractivity (Wildman–Crippen MR) is 131 cm³/mol. The first-order chi connectivity index (χ1) is 16.0. The highest BCUT2D eigenvalue weighted by Gasteiger charge is 2.35. The van der Waals surface area contributed by atoms with E-state index in [0.29, 0.717) is 12.4 Å². The van der Waals surface area contributed by atoms with Gasteiger partial charge in [-0.2, -0.15) is 0 Å². The van der Waals surface area contributed by atoms with Gasteiger partial charge in [-0.15, -0.1) is 0 Å². The lowest BCUT2D eigenvalue weighted by Gasteiger charge is -2.37. The molecule has 3 aromatic rings. The Kier molecular flexibility index (Phi) is 5.68. The highest BCUT2D eigenvalue weighted by Crippen LogP contribution is 2.31. The Labute approximate surface area is 193 Å². The van der Waals surface area contributed by atoms with Crippen molar-refractivity contribution in [2.75, 3.05) is 42.6 Å². The molecule has 0 spiro atoms. The van der Waals surface area contributed by atoms with E-state index in [4.69, 9.17) is 4.99 Å². The van der Waals surface area contributed by atoms with Crippen molar-refractivity contribution in [2.45, 2.75) is 13.8 Å². The number of nitrogens with zero attached hydrogens (tertiary/aromatic N) is 4. The predicted octanol–water partition coefficient (Wildman–Crippen LogP) is 4.69. The quantitative estimate of drug-likeness (QED) is 0.589. The zero-order valence-electron chi connectivity index (χ0n) is 19.0. The number of anilines is 2. The topological polar surface area (TPSA) is 39.2 Å². The number of carbonyl (C=O) groups excluding carboxylic acids is 1. The molecule has 0 saturated carbocycles. The zero-order valence-corrected chi connectivity index (χ0v) is 19.0. The van der Waals surface area contributed by atoms with E-state index in [0.717, 1.165) is 54.4 Å². The number of fused-ring (bicyclic) bond motifs is 1. The maximum Gasteiger partial charge on any atom is 0.278 e. The number of hydrogen-bond donors (Lipinski definition) is 0. The van der Waals surface area contributed by atoms with Gasteiger partial charge in [0, 0.05) is 37.4 Å². The summed E-state index contributed by atoms with van der Waals surface area (Å²) in [6, 6.07) is 20.5. The molecule has 0 bridgehead atoms. The lowest BCUT2D eigenvalue weighted by Crippen LogP contribution is -2.51. The molecule has 2 aliphatic rings. The van der Waals surface area contributed by atoms with Crippen molar-refractivity contribution in [3.05, 3.63) is 89.2 Å². The molecule has 6 heteroatoms. The van der Waals surface area contributed by atoms with Crippen LogP contribution in [0.2, 0.25) is 0 Å².